The van der Waals surface area contributed by atoms with Crippen LogP contribution in [0.1, 0.15) is 10.4 Å². The first-order valence-corrected chi connectivity index (χ1v) is 7.63. The number of nitrogens with two attached hydrogens (primary N) is 1. The monoisotopic (exact) mass is 290 g/mol. The Morgan fingerprint density at radius 3 is 2.56 bits per heavy atom. The van der Waals surface area contributed by atoms with Crippen LogP contribution in [0, 0.1) is 0 Å². The van der Waals surface area contributed by atoms with Crippen LogP contribution in [0.2, 0.25) is 5.02 Å². The molecule has 0 unspecified atom stereocenters. The molecule has 7 heteroatoms. The summed E-state index contributed by atoms with van der Waals surface area (Å²) in [4.78, 5) is 13.3. The van der Waals surface area contributed by atoms with Gasteiger partial charge in [-0.05, 0) is 18.2 Å². The van der Waals surface area contributed by atoms with Gasteiger partial charge in [-0.15, -0.1) is 0 Å². The van der Waals surface area contributed by atoms with Crippen LogP contribution in [0.25, 0.3) is 0 Å². The Morgan fingerprint density at radius 1 is 1.44 bits per heavy atom. The summed E-state index contributed by atoms with van der Waals surface area (Å²) in [5.41, 5.74) is 6.30. The van der Waals surface area contributed by atoms with E-state index in [9.17, 15) is 13.2 Å². The standard InChI is InChI=1S/C11H15ClN2O3S/c1-14(5-6-18(2,16)17)11(15)8-3-4-9(12)10(13)7-8/h3-4,7H,5-6,13H2,1-2H3. The fraction of sp³-hybridized carbons (Fsp3) is 0.364. The van der Waals surface area contributed by atoms with E-state index < -0.39 is 9.84 Å². The topological polar surface area (TPSA) is 80.5 Å². The van der Waals surface area contributed by atoms with Crippen molar-refractivity contribution in [2.75, 3.05) is 31.3 Å². The van der Waals surface area contributed by atoms with E-state index in [1.165, 1.54) is 24.1 Å². The van der Waals surface area contributed by atoms with E-state index in [0.29, 0.717) is 16.3 Å². The molecule has 0 aliphatic carbocycles. The van der Waals surface area contributed by atoms with Gasteiger partial charge in [0.2, 0.25) is 0 Å². The molecule has 1 aromatic rings. The molecule has 0 saturated heterocycles. The zero-order chi connectivity index (χ0) is 13.9. The number of rotatable bonds is 4. The average Bonchev–Trinajstić information content (AvgIpc) is 2.27. The predicted octanol–water partition coefficient (Wildman–Crippen LogP) is 1.04. The fourth-order valence-corrected chi connectivity index (χ4v) is 2.02. The van der Waals surface area contributed by atoms with Crippen LogP contribution >= 0.6 is 11.6 Å². The van der Waals surface area contributed by atoms with Crippen LogP contribution in [-0.2, 0) is 9.84 Å². The number of halogens is 1. The van der Waals surface area contributed by atoms with Crippen molar-refractivity contribution >= 4 is 33.0 Å². The van der Waals surface area contributed by atoms with E-state index in [1.807, 2.05) is 0 Å². The Bertz CT molecular complexity index is 557. The second kappa shape index (κ2) is 5.58. The number of sulfone groups is 1. The Morgan fingerprint density at radius 2 is 2.06 bits per heavy atom. The van der Waals surface area contributed by atoms with Gasteiger partial charge in [0.05, 0.1) is 16.5 Å². The van der Waals surface area contributed by atoms with E-state index >= 15 is 0 Å². The minimum Gasteiger partial charge on any atom is -0.398 e. The molecule has 5 nitrogen and oxygen atoms in total. The molecule has 0 atom stereocenters. The van der Waals surface area contributed by atoms with E-state index in [2.05, 4.69) is 0 Å². The Labute approximate surface area is 111 Å². The summed E-state index contributed by atoms with van der Waals surface area (Å²) in [7, 11) is -1.55. The van der Waals surface area contributed by atoms with Crippen molar-refractivity contribution in [3.63, 3.8) is 0 Å². The summed E-state index contributed by atoms with van der Waals surface area (Å²) in [6.07, 6.45) is 1.13. The molecule has 0 heterocycles. The second-order valence-electron chi connectivity index (χ2n) is 4.09. The first kappa shape index (κ1) is 14.8. The minimum atomic E-state index is -3.09. The number of nitrogens with zero attached hydrogens (tertiary/aromatic N) is 1. The first-order chi connectivity index (χ1) is 8.20. The summed E-state index contributed by atoms with van der Waals surface area (Å²) in [6, 6.07) is 4.56. The third kappa shape index (κ3) is 4.19. The van der Waals surface area contributed by atoms with Gasteiger partial charge in [-0.2, -0.15) is 0 Å². The molecule has 18 heavy (non-hydrogen) atoms. The summed E-state index contributed by atoms with van der Waals surface area (Å²) in [6.45, 7) is 0.139. The van der Waals surface area contributed by atoms with Gasteiger partial charge in [0.1, 0.15) is 9.84 Å². The number of amides is 1. The molecule has 0 bridgehead atoms. The lowest BCUT2D eigenvalue weighted by atomic mass is 10.2. The smallest absolute Gasteiger partial charge is 0.253 e. The van der Waals surface area contributed by atoms with Gasteiger partial charge in [0.25, 0.3) is 5.91 Å². The normalized spacial score (nSPS) is 11.3. The summed E-state index contributed by atoms with van der Waals surface area (Å²) < 4.78 is 22.0. The molecule has 1 amide bonds. The van der Waals surface area contributed by atoms with Crippen molar-refractivity contribution in [3.05, 3.63) is 28.8 Å². The third-order valence-corrected chi connectivity index (χ3v) is 3.66. The van der Waals surface area contributed by atoms with Gasteiger partial charge in [0.15, 0.2) is 0 Å². The molecule has 0 aliphatic heterocycles. The average molecular weight is 291 g/mol. The molecule has 100 valence electrons. The van der Waals surface area contributed by atoms with Gasteiger partial charge < -0.3 is 10.6 Å². The van der Waals surface area contributed by atoms with Crippen molar-refractivity contribution in [1.82, 2.24) is 4.90 Å². The maximum Gasteiger partial charge on any atom is 0.253 e. The molecule has 0 aromatic heterocycles. The Balaban J connectivity index is 2.77. The lowest BCUT2D eigenvalue weighted by Gasteiger charge is -2.16. The fourth-order valence-electron chi connectivity index (χ4n) is 1.30. The van der Waals surface area contributed by atoms with Crippen LogP contribution in [0.4, 0.5) is 5.69 Å². The summed E-state index contributed by atoms with van der Waals surface area (Å²) in [5, 5.41) is 0.380. The van der Waals surface area contributed by atoms with Gasteiger partial charge in [-0.25, -0.2) is 8.42 Å². The SMILES string of the molecule is CN(CCS(C)(=O)=O)C(=O)c1ccc(Cl)c(N)c1. The van der Waals surface area contributed by atoms with Crippen LogP contribution < -0.4 is 5.73 Å². The van der Waals surface area contributed by atoms with Gasteiger partial charge >= 0.3 is 0 Å². The van der Waals surface area contributed by atoms with Crippen molar-refractivity contribution in [2.45, 2.75) is 0 Å². The van der Waals surface area contributed by atoms with Crippen molar-refractivity contribution in [3.8, 4) is 0 Å². The lowest BCUT2D eigenvalue weighted by molar-refractivity contribution is 0.0803. The number of nitrogen functional groups attached to an aromatic ring is 1. The molecule has 2 N–H and O–H groups in total. The number of hydrogen-bond acceptors (Lipinski definition) is 4. The molecule has 1 rings (SSSR count). The summed E-state index contributed by atoms with van der Waals surface area (Å²) >= 11 is 5.76. The maximum absolute atomic E-state index is 12.0. The maximum atomic E-state index is 12.0. The van der Waals surface area contributed by atoms with Gasteiger partial charge in [0, 0.05) is 25.4 Å². The highest BCUT2D eigenvalue weighted by atomic mass is 35.5. The quantitative estimate of drug-likeness (QED) is 0.840. The highest BCUT2D eigenvalue weighted by molar-refractivity contribution is 7.90. The lowest BCUT2D eigenvalue weighted by Crippen LogP contribution is -2.31. The van der Waals surface area contributed by atoms with E-state index in [-0.39, 0.29) is 18.2 Å². The number of carbonyl (C=O) groups excluding carboxylic acids is 1. The minimum absolute atomic E-state index is 0.0711. The van der Waals surface area contributed by atoms with Gasteiger partial charge in [-0.3, -0.25) is 4.79 Å². The molecule has 0 radical (unpaired) electrons. The number of anilines is 1. The zero-order valence-electron chi connectivity index (χ0n) is 10.2. The van der Waals surface area contributed by atoms with E-state index in [0.717, 1.165) is 6.26 Å². The molecule has 0 aliphatic rings. The first-order valence-electron chi connectivity index (χ1n) is 5.19. The van der Waals surface area contributed by atoms with E-state index in [1.54, 1.807) is 6.07 Å². The highest BCUT2D eigenvalue weighted by Gasteiger charge is 2.14. The number of hydrogen-bond donors (Lipinski definition) is 1. The highest BCUT2D eigenvalue weighted by Crippen LogP contribution is 2.20. The molecule has 0 saturated carbocycles. The van der Waals surface area contributed by atoms with Crippen molar-refractivity contribution < 1.29 is 13.2 Å². The van der Waals surface area contributed by atoms with Gasteiger partial charge in [-0.1, -0.05) is 11.6 Å². The van der Waals surface area contributed by atoms with Crippen LogP contribution in [-0.4, -0.2) is 44.8 Å². The molecule has 0 fully saturated rings. The van der Waals surface area contributed by atoms with E-state index in [4.69, 9.17) is 17.3 Å². The number of benzene rings is 1. The van der Waals surface area contributed by atoms with Crippen LogP contribution in [0.15, 0.2) is 18.2 Å². The second-order valence-corrected chi connectivity index (χ2v) is 6.76. The predicted molar refractivity (Wildman–Crippen MR) is 72.5 cm³/mol. The number of carbonyl (C=O) groups is 1. The van der Waals surface area contributed by atoms with Crippen LogP contribution in [0.3, 0.4) is 0 Å². The van der Waals surface area contributed by atoms with Crippen molar-refractivity contribution in [1.29, 1.82) is 0 Å². The third-order valence-electron chi connectivity index (χ3n) is 2.39. The molecular weight excluding hydrogens is 276 g/mol. The summed E-state index contributed by atoms with van der Waals surface area (Å²) in [5.74, 6) is -0.361. The Hall–Kier alpha value is -1.27. The van der Waals surface area contributed by atoms with Crippen molar-refractivity contribution in [2.24, 2.45) is 0 Å². The molecular formula is C11H15ClN2O3S. The Kier molecular flexibility index (Phi) is 4.59. The zero-order valence-corrected chi connectivity index (χ0v) is 11.8. The largest absolute Gasteiger partial charge is 0.398 e. The molecule has 1 aromatic carbocycles. The molecule has 0 spiro atoms. The van der Waals surface area contributed by atoms with Crippen LogP contribution in [0.5, 0.6) is 0 Å².